The summed E-state index contributed by atoms with van der Waals surface area (Å²) in [4.78, 5) is 0. The van der Waals surface area contributed by atoms with Gasteiger partial charge in [0.15, 0.2) is 0 Å². The van der Waals surface area contributed by atoms with Crippen molar-refractivity contribution in [1.29, 1.82) is 0 Å². The summed E-state index contributed by atoms with van der Waals surface area (Å²) in [7, 11) is 0. The molecule has 0 amide bonds. The van der Waals surface area contributed by atoms with E-state index >= 15 is 0 Å². The molecule has 0 aliphatic rings. The first-order valence-corrected chi connectivity index (χ1v) is 6.40. The van der Waals surface area contributed by atoms with Crippen LogP contribution in [0.1, 0.15) is 0 Å². The van der Waals surface area contributed by atoms with E-state index in [9.17, 15) is 0 Å². The molecule has 0 aliphatic heterocycles. The fraction of sp³-hybridized carbons (Fsp3) is 1.00. The molecular formula is C2H9Cl2NSi. The molecule has 0 heterocycles. The maximum absolute atomic E-state index is 5.43. The van der Waals surface area contributed by atoms with Gasteiger partial charge < -0.3 is 6.15 Å². The molecule has 0 radical (unpaired) electrons. The predicted octanol–water partition coefficient (Wildman–Crippen LogP) is 2.33. The molecule has 0 aromatic heterocycles. The summed E-state index contributed by atoms with van der Waals surface area (Å²) in [6, 6.07) is 0. The van der Waals surface area contributed by atoms with Gasteiger partial charge >= 0.3 is 0 Å². The van der Waals surface area contributed by atoms with Gasteiger partial charge in [-0.15, -0.1) is 22.2 Å². The largest absolute Gasteiger partial charge is 0.344 e. The third-order valence-corrected chi connectivity index (χ3v) is 0. The Balaban J connectivity index is 0. The van der Waals surface area contributed by atoms with E-state index in [-0.39, 0.29) is 6.15 Å². The zero-order chi connectivity index (χ0) is 4.50. The van der Waals surface area contributed by atoms with Crippen LogP contribution in [0.4, 0.5) is 0 Å². The Labute approximate surface area is 48.6 Å². The molecule has 1 nitrogen and oxygen atoms in total. The second kappa shape index (κ2) is 2.85. The summed E-state index contributed by atoms with van der Waals surface area (Å²) in [5.74, 6) is 0. The van der Waals surface area contributed by atoms with Crippen LogP contribution in [0, 0.1) is 0 Å². The molecule has 3 N–H and O–H groups in total. The van der Waals surface area contributed by atoms with Crippen LogP contribution in [0.3, 0.4) is 0 Å². The second-order valence-electron chi connectivity index (χ2n) is 1.33. The molecule has 0 fully saturated rings. The van der Waals surface area contributed by atoms with Crippen LogP contribution in [-0.2, 0) is 0 Å². The van der Waals surface area contributed by atoms with Gasteiger partial charge in [-0.05, 0) is 13.1 Å². The number of halogens is 2. The molecular weight excluding hydrogens is 137 g/mol. The molecule has 0 aromatic carbocycles. The summed E-state index contributed by atoms with van der Waals surface area (Å²) < 4.78 is 0. The van der Waals surface area contributed by atoms with Gasteiger partial charge in [-0.2, -0.15) is 0 Å². The van der Waals surface area contributed by atoms with Gasteiger partial charge in [0.1, 0.15) is 0 Å². The van der Waals surface area contributed by atoms with Crippen LogP contribution in [0.5, 0.6) is 0 Å². The minimum Gasteiger partial charge on any atom is -0.344 e. The number of rotatable bonds is 0. The fourth-order valence-electron chi connectivity index (χ4n) is 0. The highest BCUT2D eigenvalue weighted by molar-refractivity contribution is 7.44. The SMILES string of the molecule is C[Si](C)(Cl)Cl.N. The Morgan fingerprint density at radius 3 is 1.17 bits per heavy atom. The normalized spacial score (nSPS) is 10.0. The smallest absolute Gasteiger partial charge is 0.245 e. The van der Waals surface area contributed by atoms with E-state index in [2.05, 4.69) is 0 Å². The third-order valence-electron chi connectivity index (χ3n) is 0. The van der Waals surface area contributed by atoms with Crippen LogP contribution < -0.4 is 6.15 Å². The van der Waals surface area contributed by atoms with Crippen LogP contribution >= 0.6 is 22.2 Å². The lowest BCUT2D eigenvalue weighted by Gasteiger charge is -1.93. The maximum atomic E-state index is 5.43. The molecule has 0 atom stereocenters. The van der Waals surface area contributed by atoms with Crippen LogP contribution in [-0.4, -0.2) is 6.69 Å². The van der Waals surface area contributed by atoms with E-state index in [1.807, 2.05) is 13.1 Å². The summed E-state index contributed by atoms with van der Waals surface area (Å²) in [5.41, 5.74) is 0. The molecule has 0 saturated carbocycles. The third kappa shape index (κ3) is 117. The Morgan fingerprint density at radius 1 is 1.17 bits per heavy atom. The Hall–Kier alpha value is 0.757. The van der Waals surface area contributed by atoms with Gasteiger partial charge in [0.2, 0.25) is 6.69 Å². The fourth-order valence-corrected chi connectivity index (χ4v) is 0. The van der Waals surface area contributed by atoms with E-state index in [1.54, 1.807) is 0 Å². The van der Waals surface area contributed by atoms with Gasteiger partial charge in [-0.1, -0.05) is 0 Å². The molecule has 0 rings (SSSR count). The lowest BCUT2D eigenvalue weighted by Crippen LogP contribution is -2.02. The molecule has 0 aromatic rings. The summed E-state index contributed by atoms with van der Waals surface area (Å²) >= 11 is 10.9. The molecule has 0 spiro atoms. The van der Waals surface area contributed by atoms with E-state index in [0.717, 1.165) is 0 Å². The quantitative estimate of drug-likeness (QED) is 0.413. The average molecular weight is 146 g/mol. The molecule has 0 aliphatic carbocycles. The molecule has 0 saturated heterocycles. The van der Waals surface area contributed by atoms with Gasteiger partial charge in [0.25, 0.3) is 0 Å². The minimum atomic E-state index is -1.67. The van der Waals surface area contributed by atoms with Crippen molar-refractivity contribution in [1.82, 2.24) is 6.15 Å². The first kappa shape index (κ1) is 9.90. The van der Waals surface area contributed by atoms with Crippen molar-refractivity contribution >= 4 is 28.9 Å². The van der Waals surface area contributed by atoms with Crippen LogP contribution in [0.25, 0.3) is 0 Å². The van der Waals surface area contributed by atoms with Crippen molar-refractivity contribution < 1.29 is 0 Å². The van der Waals surface area contributed by atoms with Crippen molar-refractivity contribution in [2.75, 3.05) is 0 Å². The molecule has 6 heavy (non-hydrogen) atoms. The van der Waals surface area contributed by atoms with E-state index in [1.165, 1.54) is 0 Å². The second-order valence-corrected chi connectivity index (χ2v) is 10.2. The summed E-state index contributed by atoms with van der Waals surface area (Å²) in [6.45, 7) is 2.05. The first-order chi connectivity index (χ1) is 2.00. The van der Waals surface area contributed by atoms with Crippen molar-refractivity contribution in [2.24, 2.45) is 0 Å². The van der Waals surface area contributed by atoms with Gasteiger partial charge in [-0.3, -0.25) is 0 Å². The minimum absolute atomic E-state index is 0. The highest BCUT2D eigenvalue weighted by Crippen LogP contribution is 2.10. The number of hydrogen-bond acceptors (Lipinski definition) is 1. The first-order valence-electron chi connectivity index (χ1n) is 1.38. The zero-order valence-corrected chi connectivity index (χ0v) is 6.47. The lowest BCUT2D eigenvalue weighted by molar-refractivity contribution is 2.06. The molecule has 40 valence electrons. The zero-order valence-electron chi connectivity index (χ0n) is 3.96. The Kier molecular flexibility index (Phi) is 4.71. The van der Waals surface area contributed by atoms with Gasteiger partial charge in [0.05, 0.1) is 0 Å². The van der Waals surface area contributed by atoms with Gasteiger partial charge in [-0.25, -0.2) is 0 Å². The van der Waals surface area contributed by atoms with Crippen molar-refractivity contribution in [2.45, 2.75) is 13.1 Å². The maximum Gasteiger partial charge on any atom is 0.245 e. The molecule has 0 bridgehead atoms. The highest BCUT2D eigenvalue weighted by atomic mass is 35.7. The van der Waals surface area contributed by atoms with E-state index in [0.29, 0.717) is 0 Å². The van der Waals surface area contributed by atoms with E-state index in [4.69, 9.17) is 22.2 Å². The van der Waals surface area contributed by atoms with Crippen molar-refractivity contribution in [3.63, 3.8) is 0 Å². The average Bonchev–Trinajstić information content (AvgIpc) is 0.722. The predicted molar refractivity (Wildman–Crippen MR) is 34.2 cm³/mol. The Morgan fingerprint density at radius 2 is 1.17 bits per heavy atom. The highest BCUT2D eigenvalue weighted by Gasteiger charge is 2.08. The monoisotopic (exact) mass is 145 g/mol. The van der Waals surface area contributed by atoms with E-state index < -0.39 is 6.69 Å². The van der Waals surface area contributed by atoms with Crippen LogP contribution in [0.15, 0.2) is 0 Å². The Bertz CT molecular complexity index is 27.0. The van der Waals surface area contributed by atoms with Crippen molar-refractivity contribution in [3.8, 4) is 0 Å². The van der Waals surface area contributed by atoms with Gasteiger partial charge in [0, 0.05) is 0 Å². The lowest BCUT2D eigenvalue weighted by atomic mass is 11.9. The molecule has 0 unspecified atom stereocenters. The van der Waals surface area contributed by atoms with Crippen LogP contribution in [0.2, 0.25) is 13.1 Å². The summed E-state index contributed by atoms with van der Waals surface area (Å²) in [5, 5.41) is 0. The summed E-state index contributed by atoms with van der Waals surface area (Å²) in [6.07, 6.45) is 0. The topological polar surface area (TPSA) is 35.0 Å². The number of hydrogen-bond donors (Lipinski definition) is 1. The standard InChI is InChI=1S/C2H6Cl2Si.H3N/c1-5(2,3)4;/h1-2H3;1H3. The van der Waals surface area contributed by atoms with Crippen molar-refractivity contribution in [3.05, 3.63) is 0 Å². The molecule has 4 heteroatoms.